The van der Waals surface area contributed by atoms with Gasteiger partial charge in [-0.3, -0.25) is 4.79 Å². The fourth-order valence-electron chi connectivity index (χ4n) is 2.47. The quantitative estimate of drug-likeness (QED) is 0.686. The molecule has 0 spiro atoms. The van der Waals surface area contributed by atoms with Crippen LogP contribution in [0.15, 0.2) is 0 Å². The number of hydrogen-bond donors (Lipinski definition) is 1. The van der Waals surface area contributed by atoms with Crippen LogP contribution in [-0.4, -0.2) is 49.2 Å². The van der Waals surface area contributed by atoms with Gasteiger partial charge >= 0.3 is 0 Å². The number of ether oxygens (including phenoxy) is 1. The van der Waals surface area contributed by atoms with Gasteiger partial charge in [-0.05, 0) is 39.7 Å². The third-order valence-electron chi connectivity index (χ3n) is 3.64. The van der Waals surface area contributed by atoms with Crippen LogP contribution in [0.5, 0.6) is 0 Å². The molecule has 1 N–H and O–H groups in total. The van der Waals surface area contributed by atoms with Crippen molar-refractivity contribution in [1.82, 2.24) is 10.2 Å². The largest absolute Gasteiger partial charge is 0.380 e. The highest BCUT2D eigenvalue weighted by molar-refractivity contribution is 5.86. The van der Waals surface area contributed by atoms with Gasteiger partial charge in [0, 0.05) is 19.7 Å². The average Bonchev–Trinajstić information content (AvgIpc) is 2.84. The predicted octanol–water partition coefficient (Wildman–Crippen LogP) is 1.40. The number of hydrogen-bond acceptors (Lipinski definition) is 3. The lowest BCUT2D eigenvalue weighted by Crippen LogP contribution is -2.55. The zero-order valence-electron chi connectivity index (χ0n) is 11.4. The zero-order chi connectivity index (χ0) is 12.7. The van der Waals surface area contributed by atoms with E-state index in [1.54, 1.807) is 0 Å². The summed E-state index contributed by atoms with van der Waals surface area (Å²) in [6.45, 7) is 9.86. The molecule has 0 saturated carbocycles. The molecular formula is C13H26N2O2. The van der Waals surface area contributed by atoms with Crippen LogP contribution < -0.4 is 5.32 Å². The minimum Gasteiger partial charge on any atom is -0.380 e. The molecule has 1 heterocycles. The first-order chi connectivity index (χ1) is 8.20. The molecule has 0 bridgehead atoms. The van der Waals surface area contributed by atoms with E-state index < -0.39 is 0 Å². The van der Waals surface area contributed by atoms with Crippen molar-refractivity contribution >= 4 is 5.91 Å². The van der Waals surface area contributed by atoms with Crippen LogP contribution in [0.2, 0.25) is 0 Å². The molecule has 0 radical (unpaired) electrons. The number of likely N-dealkylation sites (N-methyl/N-ethyl adjacent to an activating group) is 1. The summed E-state index contributed by atoms with van der Waals surface area (Å²) in [6, 6.07) is 0. The smallest absolute Gasteiger partial charge is 0.242 e. The second-order valence-corrected chi connectivity index (χ2v) is 4.55. The summed E-state index contributed by atoms with van der Waals surface area (Å²) >= 11 is 0. The fraction of sp³-hybridized carbons (Fsp3) is 0.923. The molecule has 4 nitrogen and oxygen atoms in total. The van der Waals surface area contributed by atoms with Crippen LogP contribution in [0, 0.1) is 0 Å². The topological polar surface area (TPSA) is 41.6 Å². The van der Waals surface area contributed by atoms with E-state index in [1.165, 1.54) is 0 Å². The van der Waals surface area contributed by atoms with Crippen molar-refractivity contribution < 1.29 is 9.53 Å². The molecule has 1 unspecified atom stereocenters. The summed E-state index contributed by atoms with van der Waals surface area (Å²) in [5.74, 6) is 0.250. The third-order valence-corrected chi connectivity index (χ3v) is 3.64. The number of nitrogens with zero attached hydrogens (tertiary/aromatic N) is 1. The summed E-state index contributed by atoms with van der Waals surface area (Å²) in [4.78, 5) is 14.4. The summed E-state index contributed by atoms with van der Waals surface area (Å²) < 4.78 is 5.33. The number of carbonyl (C=O) groups is 1. The molecule has 1 atom stereocenters. The first kappa shape index (κ1) is 14.5. The van der Waals surface area contributed by atoms with Crippen LogP contribution in [0.1, 0.15) is 40.0 Å². The number of amides is 1. The maximum Gasteiger partial charge on any atom is 0.242 e. The Bertz CT molecular complexity index is 238. The first-order valence-electron chi connectivity index (χ1n) is 6.82. The molecule has 4 heteroatoms. The van der Waals surface area contributed by atoms with E-state index in [2.05, 4.69) is 12.2 Å². The van der Waals surface area contributed by atoms with Crippen molar-refractivity contribution in [1.29, 1.82) is 0 Å². The SMILES string of the molecule is CCOCCN(CC)C(=O)C1(CC)CCCN1. The van der Waals surface area contributed by atoms with Gasteiger partial charge in [0.2, 0.25) is 5.91 Å². The Hall–Kier alpha value is -0.610. The zero-order valence-corrected chi connectivity index (χ0v) is 11.4. The van der Waals surface area contributed by atoms with Crippen molar-refractivity contribution in [3.8, 4) is 0 Å². The molecule has 0 aromatic heterocycles. The van der Waals surface area contributed by atoms with E-state index in [4.69, 9.17) is 4.74 Å². The number of rotatable bonds is 7. The second-order valence-electron chi connectivity index (χ2n) is 4.55. The first-order valence-corrected chi connectivity index (χ1v) is 6.82. The Balaban J connectivity index is 2.57. The van der Waals surface area contributed by atoms with Crippen LogP contribution in [0.3, 0.4) is 0 Å². The van der Waals surface area contributed by atoms with Crippen LogP contribution >= 0.6 is 0 Å². The van der Waals surface area contributed by atoms with Crippen molar-refractivity contribution in [2.45, 2.75) is 45.6 Å². The van der Waals surface area contributed by atoms with Gasteiger partial charge < -0.3 is 15.0 Å². The Morgan fingerprint density at radius 2 is 2.18 bits per heavy atom. The number of nitrogens with one attached hydrogen (secondary N) is 1. The minimum absolute atomic E-state index is 0.250. The van der Waals surface area contributed by atoms with Crippen molar-refractivity contribution in [3.63, 3.8) is 0 Å². The summed E-state index contributed by atoms with van der Waals surface area (Å²) in [5, 5.41) is 3.39. The van der Waals surface area contributed by atoms with E-state index in [9.17, 15) is 4.79 Å². The van der Waals surface area contributed by atoms with Gasteiger partial charge in [0.1, 0.15) is 0 Å². The van der Waals surface area contributed by atoms with Crippen molar-refractivity contribution in [2.75, 3.05) is 32.8 Å². The number of carbonyl (C=O) groups excluding carboxylic acids is 1. The van der Waals surface area contributed by atoms with Gasteiger partial charge in [-0.2, -0.15) is 0 Å². The lowest BCUT2D eigenvalue weighted by atomic mass is 9.92. The van der Waals surface area contributed by atoms with E-state index in [1.807, 2.05) is 18.7 Å². The maximum atomic E-state index is 12.5. The lowest BCUT2D eigenvalue weighted by Gasteiger charge is -2.33. The molecule has 1 rings (SSSR count). The van der Waals surface area contributed by atoms with Crippen LogP contribution in [-0.2, 0) is 9.53 Å². The summed E-state index contributed by atoms with van der Waals surface area (Å²) in [6.07, 6.45) is 2.94. The van der Waals surface area contributed by atoms with E-state index >= 15 is 0 Å². The lowest BCUT2D eigenvalue weighted by molar-refractivity contribution is -0.138. The molecular weight excluding hydrogens is 216 g/mol. The Labute approximate surface area is 105 Å². The average molecular weight is 242 g/mol. The molecule has 1 aliphatic rings. The summed E-state index contributed by atoms with van der Waals surface area (Å²) in [5.41, 5.74) is -0.303. The van der Waals surface area contributed by atoms with Gasteiger partial charge in [-0.1, -0.05) is 6.92 Å². The molecule has 1 saturated heterocycles. The third kappa shape index (κ3) is 3.42. The molecule has 17 heavy (non-hydrogen) atoms. The predicted molar refractivity (Wildman–Crippen MR) is 69.0 cm³/mol. The second kappa shape index (κ2) is 6.97. The molecule has 100 valence electrons. The van der Waals surface area contributed by atoms with Gasteiger partial charge in [0.25, 0.3) is 0 Å². The molecule has 0 aromatic carbocycles. The molecule has 0 aliphatic carbocycles. The van der Waals surface area contributed by atoms with Gasteiger partial charge in [-0.25, -0.2) is 0 Å². The Morgan fingerprint density at radius 1 is 1.41 bits per heavy atom. The normalized spacial score (nSPS) is 23.9. The highest BCUT2D eigenvalue weighted by atomic mass is 16.5. The van der Waals surface area contributed by atoms with Crippen molar-refractivity contribution in [3.05, 3.63) is 0 Å². The van der Waals surface area contributed by atoms with Gasteiger partial charge in [-0.15, -0.1) is 0 Å². The van der Waals surface area contributed by atoms with Gasteiger partial charge in [0.15, 0.2) is 0 Å². The van der Waals surface area contributed by atoms with E-state index in [0.29, 0.717) is 19.8 Å². The highest BCUT2D eigenvalue weighted by Gasteiger charge is 2.41. The molecule has 1 fully saturated rings. The van der Waals surface area contributed by atoms with E-state index in [-0.39, 0.29) is 11.4 Å². The molecule has 0 aromatic rings. The van der Waals surface area contributed by atoms with E-state index in [0.717, 1.165) is 32.4 Å². The molecule has 1 aliphatic heterocycles. The summed E-state index contributed by atoms with van der Waals surface area (Å²) in [7, 11) is 0. The Kier molecular flexibility index (Phi) is 5.92. The Morgan fingerprint density at radius 3 is 2.65 bits per heavy atom. The monoisotopic (exact) mass is 242 g/mol. The molecule has 1 amide bonds. The fourth-order valence-corrected chi connectivity index (χ4v) is 2.47. The van der Waals surface area contributed by atoms with Gasteiger partial charge in [0.05, 0.1) is 12.1 Å². The highest BCUT2D eigenvalue weighted by Crippen LogP contribution is 2.25. The van der Waals surface area contributed by atoms with Crippen LogP contribution in [0.25, 0.3) is 0 Å². The minimum atomic E-state index is -0.303. The maximum absolute atomic E-state index is 12.5. The standard InChI is InChI=1S/C13H26N2O2/c1-4-13(8-7-9-14-13)12(16)15(5-2)10-11-17-6-3/h14H,4-11H2,1-3H3. The van der Waals surface area contributed by atoms with Crippen molar-refractivity contribution in [2.24, 2.45) is 0 Å². The van der Waals surface area contributed by atoms with Crippen LogP contribution in [0.4, 0.5) is 0 Å².